The summed E-state index contributed by atoms with van der Waals surface area (Å²) >= 11 is 3.24. The molecule has 1 rings (SSSR count). The number of carboxylic acids is 1. The zero-order valence-electron chi connectivity index (χ0n) is 8.36. The lowest BCUT2D eigenvalue weighted by molar-refractivity contribution is -0.144. The van der Waals surface area contributed by atoms with E-state index in [1.807, 2.05) is 20.8 Å². The molecular formula is C9H13BrN2O2. The number of aromatic nitrogens is 2. The Bertz CT molecular complexity index is 341. The van der Waals surface area contributed by atoms with Gasteiger partial charge in [-0.15, -0.1) is 0 Å². The van der Waals surface area contributed by atoms with Crippen LogP contribution in [0.5, 0.6) is 0 Å². The maximum absolute atomic E-state index is 11.1. The maximum Gasteiger partial charge on any atom is 0.329 e. The Morgan fingerprint density at radius 3 is 2.50 bits per heavy atom. The zero-order valence-corrected chi connectivity index (χ0v) is 9.95. The largest absolute Gasteiger partial charge is 0.480 e. The van der Waals surface area contributed by atoms with Crippen molar-refractivity contribution in [3.63, 3.8) is 0 Å². The Morgan fingerprint density at radius 1 is 1.64 bits per heavy atom. The minimum absolute atomic E-state index is 0.364. The fraction of sp³-hybridized carbons (Fsp3) is 0.556. The summed E-state index contributed by atoms with van der Waals surface area (Å²) < 4.78 is 2.25. The van der Waals surface area contributed by atoms with Crippen LogP contribution in [0.3, 0.4) is 0 Å². The number of carboxylic acid groups (broad SMARTS) is 1. The number of aliphatic carboxylic acids is 1. The molecule has 1 heterocycles. The van der Waals surface area contributed by atoms with E-state index in [1.165, 1.54) is 4.68 Å². The van der Waals surface area contributed by atoms with Crippen LogP contribution in [-0.2, 0) is 4.79 Å². The summed E-state index contributed by atoms with van der Waals surface area (Å²) in [6, 6.07) is -0.645. The summed E-state index contributed by atoms with van der Waals surface area (Å²) in [4.78, 5) is 11.1. The molecule has 0 aliphatic rings. The van der Waals surface area contributed by atoms with Gasteiger partial charge in [0.25, 0.3) is 0 Å². The second-order valence-corrected chi connectivity index (χ2v) is 5.16. The lowest BCUT2D eigenvalue weighted by Gasteiger charge is -2.26. The van der Waals surface area contributed by atoms with Crippen molar-refractivity contribution in [2.24, 2.45) is 5.41 Å². The summed E-state index contributed by atoms with van der Waals surface area (Å²) in [5.74, 6) is -0.867. The van der Waals surface area contributed by atoms with E-state index in [0.717, 1.165) is 4.47 Å². The van der Waals surface area contributed by atoms with E-state index in [-0.39, 0.29) is 5.41 Å². The number of hydrogen-bond donors (Lipinski definition) is 1. The van der Waals surface area contributed by atoms with E-state index in [9.17, 15) is 4.79 Å². The second kappa shape index (κ2) is 3.73. The molecule has 5 heteroatoms. The van der Waals surface area contributed by atoms with Crippen molar-refractivity contribution in [3.8, 4) is 0 Å². The first-order valence-corrected chi connectivity index (χ1v) is 5.04. The first kappa shape index (κ1) is 11.2. The predicted octanol–water partition coefficient (Wildman–Crippen LogP) is 2.32. The lowest BCUT2D eigenvalue weighted by Crippen LogP contribution is -2.31. The van der Waals surface area contributed by atoms with Crippen molar-refractivity contribution in [1.82, 2.24) is 9.78 Å². The Hall–Kier alpha value is -0.840. The van der Waals surface area contributed by atoms with E-state index in [4.69, 9.17) is 5.11 Å². The van der Waals surface area contributed by atoms with Crippen LogP contribution >= 0.6 is 15.9 Å². The molecular weight excluding hydrogens is 248 g/mol. The summed E-state index contributed by atoms with van der Waals surface area (Å²) in [6.07, 6.45) is 3.26. The number of carbonyl (C=O) groups is 1. The monoisotopic (exact) mass is 260 g/mol. The topological polar surface area (TPSA) is 55.1 Å². The van der Waals surface area contributed by atoms with Crippen LogP contribution in [0.4, 0.5) is 0 Å². The summed E-state index contributed by atoms with van der Waals surface area (Å²) in [7, 11) is 0. The Kier molecular flexibility index (Phi) is 2.99. The SMILES string of the molecule is CC(C)(C)C(C(=O)O)n1cc(Br)cn1. The highest BCUT2D eigenvalue weighted by molar-refractivity contribution is 9.10. The number of halogens is 1. The number of rotatable bonds is 2. The van der Waals surface area contributed by atoms with Crippen molar-refractivity contribution >= 4 is 21.9 Å². The van der Waals surface area contributed by atoms with Gasteiger partial charge in [0.1, 0.15) is 0 Å². The Labute approximate surface area is 91.1 Å². The van der Waals surface area contributed by atoms with E-state index < -0.39 is 12.0 Å². The van der Waals surface area contributed by atoms with Gasteiger partial charge in [-0.2, -0.15) is 5.10 Å². The van der Waals surface area contributed by atoms with Crippen LogP contribution in [0.1, 0.15) is 26.8 Å². The molecule has 0 bridgehead atoms. The average Bonchev–Trinajstić information content (AvgIpc) is 2.31. The molecule has 0 saturated carbocycles. The lowest BCUT2D eigenvalue weighted by atomic mass is 9.87. The maximum atomic E-state index is 11.1. The van der Waals surface area contributed by atoms with Crippen molar-refractivity contribution < 1.29 is 9.90 Å². The molecule has 0 aliphatic carbocycles. The van der Waals surface area contributed by atoms with Gasteiger partial charge >= 0.3 is 5.97 Å². The second-order valence-electron chi connectivity index (χ2n) is 4.25. The van der Waals surface area contributed by atoms with Gasteiger partial charge in [0.05, 0.1) is 10.7 Å². The molecule has 0 spiro atoms. The molecule has 0 radical (unpaired) electrons. The molecule has 0 amide bonds. The third-order valence-corrected chi connectivity index (χ3v) is 2.30. The van der Waals surface area contributed by atoms with Gasteiger partial charge in [-0.25, -0.2) is 4.79 Å². The van der Waals surface area contributed by atoms with Crippen molar-refractivity contribution in [2.75, 3.05) is 0 Å². The Balaban J connectivity index is 3.07. The summed E-state index contributed by atoms with van der Waals surface area (Å²) in [5.41, 5.74) is -0.364. The quantitative estimate of drug-likeness (QED) is 0.888. The Morgan fingerprint density at radius 2 is 2.21 bits per heavy atom. The number of nitrogens with zero attached hydrogens (tertiary/aromatic N) is 2. The van der Waals surface area contributed by atoms with Crippen LogP contribution in [0, 0.1) is 5.41 Å². The first-order chi connectivity index (χ1) is 6.32. The minimum Gasteiger partial charge on any atom is -0.480 e. The highest BCUT2D eigenvalue weighted by Gasteiger charge is 2.33. The molecule has 4 nitrogen and oxygen atoms in total. The van der Waals surface area contributed by atoms with Crippen molar-refractivity contribution in [1.29, 1.82) is 0 Å². The number of hydrogen-bond acceptors (Lipinski definition) is 2. The van der Waals surface area contributed by atoms with Crippen molar-refractivity contribution in [3.05, 3.63) is 16.9 Å². The molecule has 1 aromatic rings. The standard InChI is InChI=1S/C9H13BrN2O2/c1-9(2,3)7(8(13)14)12-5-6(10)4-11-12/h4-5,7H,1-3H3,(H,13,14). The van der Waals surface area contributed by atoms with Crippen LogP contribution in [0.15, 0.2) is 16.9 Å². The smallest absolute Gasteiger partial charge is 0.329 e. The van der Waals surface area contributed by atoms with Gasteiger partial charge in [-0.05, 0) is 21.3 Å². The third kappa shape index (κ3) is 2.35. The minimum atomic E-state index is -0.867. The van der Waals surface area contributed by atoms with Gasteiger partial charge in [0, 0.05) is 6.20 Å². The van der Waals surface area contributed by atoms with E-state index >= 15 is 0 Å². The normalized spacial score (nSPS) is 14.0. The van der Waals surface area contributed by atoms with Gasteiger partial charge in [0.15, 0.2) is 6.04 Å². The fourth-order valence-corrected chi connectivity index (χ4v) is 1.64. The van der Waals surface area contributed by atoms with Crippen LogP contribution in [0.2, 0.25) is 0 Å². The van der Waals surface area contributed by atoms with Gasteiger partial charge in [0.2, 0.25) is 0 Å². The van der Waals surface area contributed by atoms with Crippen molar-refractivity contribution in [2.45, 2.75) is 26.8 Å². The van der Waals surface area contributed by atoms with E-state index in [1.54, 1.807) is 12.4 Å². The first-order valence-electron chi connectivity index (χ1n) is 4.25. The average molecular weight is 261 g/mol. The molecule has 0 fully saturated rings. The van der Waals surface area contributed by atoms with Gasteiger partial charge in [-0.3, -0.25) is 4.68 Å². The molecule has 0 aliphatic heterocycles. The molecule has 1 atom stereocenters. The van der Waals surface area contributed by atoms with Gasteiger partial charge in [-0.1, -0.05) is 20.8 Å². The predicted molar refractivity (Wildman–Crippen MR) is 56.1 cm³/mol. The van der Waals surface area contributed by atoms with E-state index in [0.29, 0.717) is 0 Å². The molecule has 78 valence electrons. The molecule has 1 aromatic heterocycles. The van der Waals surface area contributed by atoms with E-state index in [2.05, 4.69) is 21.0 Å². The summed E-state index contributed by atoms with van der Waals surface area (Å²) in [5, 5.41) is 13.1. The van der Waals surface area contributed by atoms with Crippen LogP contribution in [-0.4, -0.2) is 20.9 Å². The highest BCUT2D eigenvalue weighted by atomic mass is 79.9. The van der Waals surface area contributed by atoms with Gasteiger partial charge < -0.3 is 5.11 Å². The highest BCUT2D eigenvalue weighted by Crippen LogP contribution is 2.30. The molecule has 0 saturated heterocycles. The van der Waals surface area contributed by atoms with Crippen LogP contribution < -0.4 is 0 Å². The third-order valence-electron chi connectivity index (χ3n) is 1.89. The fourth-order valence-electron chi connectivity index (χ4n) is 1.34. The van der Waals surface area contributed by atoms with Crippen LogP contribution in [0.25, 0.3) is 0 Å². The zero-order chi connectivity index (χ0) is 10.9. The molecule has 1 unspecified atom stereocenters. The molecule has 1 N–H and O–H groups in total. The molecule has 0 aromatic carbocycles. The molecule has 14 heavy (non-hydrogen) atoms. The summed E-state index contributed by atoms with van der Waals surface area (Å²) in [6.45, 7) is 5.63.